The fourth-order valence-corrected chi connectivity index (χ4v) is 3.59. The Morgan fingerprint density at radius 2 is 2.03 bits per heavy atom. The number of fused-ring (bicyclic) bond motifs is 1. The summed E-state index contributed by atoms with van der Waals surface area (Å²) in [4.78, 5) is 37.2. The third-order valence-corrected chi connectivity index (χ3v) is 5.12. The summed E-state index contributed by atoms with van der Waals surface area (Å²) in [6.07, 6.45) is 4.50. The molecule has 3 aromatic heterocycles. The highest BCUT2D eigenvalue weighted by Crippen LogP contribution is 2.25. The number of nitrogens with zero attached hydrogens (tertiary/aromatic N) is 4. The topological polar surface area (TPSA) is 152 Å². The molecule has 0 aromatic carbocycles. The molecular weight excluding hydrogens is 404 g/mol. The Morgan fingerprint density at radius 3 is 2.71 bits per heavy atom. The van der Waals surface area contributed by atoms with Crippen LogP contribution in [-0.4, -0.2) is 49.2 Å². The molecule has 11 nitrogen and oxygen atoms in total. The van der Waals surface area contributed by atoms with Crippen LogP contribution in [0.1, 0.15) is 47.6 Å². The number of hydrogen-bond acceptors (Lipinski definition) is 7. The van der Waals surface area contributed by atoms with E-state index in [0.29, 0.717) is 18.0 Å². The number of aryl methyl sites for hydroxylation is 1. The Kier molecular flexibility index (Phi) is 7.31. The van der Waals surface area contributed by atoms with E-state index in [-0.39, 0.29) is 30.2 Å². The van der Waals surface area contributed by atoms with Crippen molar-refractivity contribution in [2.24, 2.45) is 5.92 Å². The zero-order valence-corrected chi connectivity index (χ0v) is 17.0. The molecule has 1 aliphatic carbocycles. The van der Waals surface area contributed by atoms with Crippen LogP contribution in [0.2, 0.25) is 0 Å². The van der Waals surface area contributed by atoms with Crippen molar-refractivity contribution in [2.45, 2.75) is 45.2 Å². The predicted octanol–water partition coefficient (Wildman–Crippen LogP) is 1.33. The molecule has 3 heterocycles. The maximum atomic E-state index is 12.5. The highest BCUT2D eigenvalue weighted by atomic mass is 16.5. The molecule has 3 N–H and O–H groups in total. The molecule has 1 fully saturated rings. The first kappa shape index (κ1) is 21.9. The van der Waals surface area contributed by atoms with Crippen LogP contribution in [0.25, 0.3) is 5.65 Å². The van der Waals surface area contributed by atoms with Crippen molar-refractivity contribution in [2.75, 3.05) is 0 Å². The van der Waals surface area contributed by atoms with Gasteiger partial charge in [-0.25, -0.2) is 9.50 Å². The molecular formula is C20H24N6O5. The van der Waals surface area contributed by atoms with Crippen molar-refractivity contribution >= 4 is 23.9 Å². The number of carboxylic acid groups (broad SMARTS) is 1. The lowest BCUT2D eigenvalue weighted by atomic mass is 9.85. The minimum absolute atomic E-state index is 0.0361. The summed E-state index contributed by atoms with van der Waals surface area (Å²) in [6, 6.07) is 7.35. The average molecular weight is 428 g/mol. The minimum atomic E-state index is -0.250. The molecule has 0 spiro atoms. The fraction of sp³-hybridized carbons (Fsp3) is 0.400. The third-order valence-electron chi connectivity index (χ3n) is 5.12. The number of pyridine rings is 1. The molecule has 1 saturated carbocycles. The predicted molar refractivity (Wildman–Crippen MR) is 108 cm³/mol. The molecule has 0 atom stereocenters. The quantitative estimate of drug-likeness (QED) is 0.515. The molecule has 11 heteroatoms. The van der Waals surface area contributed by atoms with Crippen molar-refractivity contribution in [1.82, 2.24) is 30.4 Å². The monoisotopic (exact) mass is 428 g/mol. The van der Waals surface area contributed by atoms with Crippen LogP contribution >= 0.6 is 0 Å². The van der Waals surface area contributed by atoms with Gasteiger partial charge in [0, 0.05) is 18.0 Å². The first-order valence-electron chi connectivity index (χ1n) is 9.89. The molecule has 164 valence electrons. The van der Waals surface area contributed by atoms with E-state index in [2.05, 4.69) is 25.9 Å². The molecule has 0 saturated heterocycles. The van der Waals surface area contributed by atoms with Crippen molar-refractivity contribution in [3.63, 3.8) is 0 Å². The number of carbonyl (C=O) groups is 3. The number of rotatable bonds is 5. The Bertz CT molecular complexity index is 1040. The largest absolute Gasteiger partial charge is 0.483 e. The molecule has 2 amide bonds. The van der Waals surface area contributed by atoms with Crippen molar-refractivity contribution < 1.29 is 24.0 Å². The number of amides is 2. The number of nitrogens with one attached hydrogen (secondary N) is 2. The van der Waals surface area contributed by atoms with Gasteiger partial charge in [0.2, 0.25) is 5.91 Å². The van der Waals surface area contributed by atoms with Crippen molar-refractivity contribution in [1.29, 1.82) is 0 Å². The van der Waals surface area contributed by atoms with Gasteiger partial charge < -0.3 is 20.3 Å². The van der Waals surface area contributed by atoms with Gasteiger partial charge in [0.25, 0.3) is 12.4 Å². The average Bonchev–Trinajstić information content (AvgIpc) is 3.42. The van der Waals surface area contributed by atoms with Crippen LogP contribution in [0.15, 0.2) is 35.1 Å². The molecule has 3 aromatic rings. The van der Waals surface area contributed by atoms with Gasteiger partial charge in [-0.3, -0.25) is 14.4 Å². The molecule has 1 aliphatic rings. The molecule has 0 radical (unpaired) electrons. The second-order valence-corrected chi connectivity index (χ2v) is 7.22. The van der Waals surface area contributed by atoms with Gasteiger partial charge in [0.1, 0.15) is 12.1 Å². The van der Waals surface area contributed by atoms with Gasteiger partial charge in [-0.15, -0.1) is 0 Å². The highest BCUT2D eigenvalue weighted by molar-refractivity contribution is 5.92. The van der Waals surface area contributed by atoms with Gasteiger partial charge in [-0.2, -0.15) is 5.10 Å². The van der Waals surface area contributed by atoms with E-state index in [1.54, 1.807) is 17.5 Å². The van der Waals surface area contributed by atoms with E-state index in [4.69, 9.17) is 14.4 Å². The number of hydrogen-bond donors (Lipinski definition) is 3. The standard InChI is InChI=1S/C19H22N6O3.CH2O2/c1-12-9-16(24-28-12)19(27)23-14-7-5-13(6-8-14)18(26)20-10-15-3-2-4-17-21-11-22-25(15)17;2-1-3/h2-4,9,11,13-14H,5-8,10H2,1H3,(H,20,26)(H,23,27);1H,(H,2,3). The lowest BCUT2D eigenvalue weighted by molar-refractivity contribution is -0.126. The second-order valence-electron chi connectivity index (χ2n) is 7.22. The van der Waals surface area contributed by atoms with E-state index in [9.17, 15) is 9.59 Å². The van der Waals surface area contributed by atoms with Gasteiger partial charge in [0.05, 0.1) is 12.2 Å². The number of carbonyl (C=O) groups excluding carboxylic acids is 2. The zero-order chi connectivity index (χ0) is 22.2. The molecule has 0 bridgehead atoms. The summed E-state index contributed by atoms with van der Waals surface area (Å²) in [5.74, 6) is 0.365. The second kappa shape index (κ2) is 10.3. The van der Waals surface area contributed by atoms with Crippen molar-refractivity contribution in [3.8, 4) is 0 Å². The van der Waals surface area contributed by atoms with Gasteiger partial charge in [-0.1, -0.05) is 11.2 Å². The van der Waals surface area contributed by atoms with E-state index in [1.165, 1.54) is 6.33 Å². The summed E-state index contributed by atoms with van der Waals surface area (Å²) in [7, 11) is 0. The SMILES string of the molecule is Cc1cc(C(=O)NC2CCC(C(=O)NCc3cccc4ncnn34)CC2)no1.O=CO. The first-order chi connectivity index (χ1) is 15.0. The number of aromatic nitrogens is 4. The first-order valence-corrected chi connectivity index (χ1v) is 9.89. The van der Waals surface area contributed by atoms with Crippen LogP contribution in [0.4, 0.5) is 0 Å². The lowest BCUT2D eigenvalue weighted by Gasteiger charge is -2.28. The molecule has 0 unspecified atom stereocenters. The van der Waals surface area contributed by atoms with E-state index in [1.807, 2.05) is 18.2 Å². The van der Waals surface area contributed by atoms with E-state index in [0.717, 1.165) is 37.0 Å². The van der Waals surface area contributed by atoms with Crippen LogP contribution in [0.5, 0.6) is 0 Å². The zero-order valence-electron chi connectivity index (χ0n) is 17.0. The molecule has 4 rings (SSSR count). The normalized spacial score (nSPS) is 18.0. The molecule has 31 heavy (non-hydrogen) atoms. The highest BCUT2D eigenvalue weighted by Gasteiger charge is 2.27. The third kappa shape index (κ3) is 5.65. The fourth-order valence-electron chi connectivity index (χ4n) is 3.59. The maximum absolute atomic E-state index is 12.5. The molecule has 0 aliphatic heterocycles. The Hall–Kier alpha value is -3.76. The van der Waals surface area contributed by atoms with Crippen LogP contribution in [0, 0.1) is 12.8 Å². The Labute approximate surface area is 177 Å². The Balaban J connectivity index is 0.000000858. The van der Waals surface area contributed by atoms with E-state index < -0.39 is 0 Å². The summed E-state index contributed by atoms with van der Waals surface area (Å²) < 4.78 is 6.66. The maximum Gasteiger partial charge on any atom is 0.290 e. The van der Waals surface area contributed by atoms with Crippen LogP contribution in [-0.2, 0) is 16.1 Å². The minimum Gasteiger partial charge on any atom is -0.483 e. The van der Waals surface area contributed by atoms with Crippen LogP contribution in [0.3, 0.4) is 0 Å². The Morgan fingerprint density at radius 1 is 1.29 bits per heavy atom. The van der Waals surface area contributed by atoms with E-state index >= 15 is 0 Å². The van der Waals surface area contributed by atoms with Crippen LogP contribution < -0.4 is 10.6 Å². The van der Waals surface area contributed by atoms with Gasteiger partial charge in [-0.05, 0) is 44.7 Å². The van der Waals surface area contributed by atoms with Crippen molar-refractivity contribution in [3.05, 3.63) is 47.7 Å². The smallest absolute Gasteiger partial charge is 0.290 e. The summed E-state index contributed by atoms with van der Waals surface area (Å²) in [5, 5.41) is 20.8. The summed E-state index contributed by atoms with van der Waals surface area (Å²) in [5.41, 5.74) is 1.93. The lowest BCUT2D eigenvalue weighted by Crippen LogP contribution is -2.41. The summed E-state index contributed by atoms with van der Waals surface area (Å²) in [6.45, 7) is 1.90. The van der Waals surface area contributed by atoms with Gasteiger partial charge >= 0.3 is 0 Å². The van der Waals surface area contributed by atoms with Gasteiger partial charge in [0.15, 0.2) is 11.3 Å². The summed E-state index contributed by atoms with van der Waals surface area (Å²) >= 11 is 0.